The molecule has 9 heteroatoms. The maximum atomic E-state index is 12.6. The van der Waals surface area contributed by atoms with E-state index in [1.54, 1.807) is 13.8 Å². The standard InChI is InChI=1S/C16H25F5O4/c1-6-13(3,4)9-14(5,7-2)12(23)24-8-11(22)25-10-15(17,18)16(19,20)21/h6-10H2,1-5H3. The minimum absolute atomic E-state index is 0.168. The van der Waals surface area contributed by atoms with Gasteiger partial charge in [-0.3, -0.25) is 4.79 Å². The number of hydrogen-bond acceptors (Lipinski definition) is 4. The van der Waals surface area contributed by atoms with Gasteiger partial charge in [0.2, 0.25) is 0 Å². The van der Waals surface area contributed by atoms with Crippen molar-refractivity contribution < 1.29 is 41.0 Å². The number of carbonyl (C=O) groups excluding carboxylic acids is 2. The Morgan fingerprint density at radius 1 is 0.880 bits per heavy atom. The first kappa shape index (κ1) is 23.6. The molecule has 0 bridgehead atoms. The average Bonchev–Trinajstić information content (AvgIpc) is 2.48. The molecule has 25 heavy (non-hydrogen) atoms. The number of hydrogen-bond donors (Lipinski definition) is 0. The van der Waals surface area contributed by atoms with Crippen molar-refractivity contribution in [2.45, 2.75) is 66.0 Å². The van der Waals surface area contributed by atoms with Crippen molar-refractivity contribution in [2.24, 2.45) is 10.8 Å². The lowest BCUT2D eigenvalue weighted by molar-refractivity contribution is -0.294. The van der Waals surface area contributed by atoms with E-state index in [1.165, 1.54) is 0 Å². The lowest BCUT2D eigenvalue weighted by atomic mass is 9.71. The maximum absolute atomic E-state index is 12.6. The highest BCUT2D eigenvalue weighted by Crippen LogP contribution is 2.39. The average molecular weight is 376 g/mol. The second-order valence-corrected chi connectivity index (χ2v) is 7.05. The van der Waals surface area contributed by atoms with Crippen molar-refractivity contribution in [2.75, 3.05) is 13.2 Å². The lowest BCUT2D eigenvalue weighted by Crippen LogP contribution is -2.42. The fraction of sp³-hybridized carbons (Fsp3) is 0.875. The van der Waals surface area contributed by atoms with Gasteiger partial charge in [0.05, 0.1) is 5.41 Å². The van der Waals surface area contributed by atoms with Gasteiger partial charge in [-0.05, 0) is 25.2 Å². The van der Waals surface area contributed by atoms with Crippen LogP contribution in [0.15, 0.2) is 0 Å². The van der Waals surface area contributed by atoms with Crippen molar-refractivity contribution in [1.82, 2.24) is 0 Å². The summed E-state index contributed by atoms with van der Waals surface area (Å²) in [6, 6.07) is 0. The van der Waals surface area contributed by atoms with E-state index in [-0.39, 0.29) is 5.41 Å². The van der Waals surface area contributed by atoms with E-state index in [2.05, 4.69) is 4.74 Å². The molecule has 0 aliphatic rings. The Morgan fingerprint density at radius 3 is 1.80 bits per heavy atom. The highest BCUT2D eigenvalue weighted by atomic mass is 19.4. The first-order valence-corrected chi connectivity index (χ1v) is 7.87. The zero-order valence-corrected chi connectivity index (χ0v) is 15.1. The molecule has 4 nitrogen and oxygen atoms in total. The Morgan fingerprint density at radius 2 is 1.40 bits per heavy atom. The van der Waals surface area contributed by atoms with Gasteiger partial charge in [0, 0.05) is 0 Å². The maximum Gasteiger partial charge on any atom is 0.456 e. The molecule has 0 aliphatic carbocycles. The third-order valence-corrected chi connectivity index (χ3v) is 4.25. The minimum Gasteiger partial charge on any atom is -0.456 e. The van der Waals surface area contributed by atoms with Crippen molar-refractivity contribution >= 4 is 11.9 Å². The molecule has 0 aromatic rings. The number of ether oxygens (including phenoxy) is 2. The molecule has 0 aliphatic heterocycles. The Labute approximate surface area is 144 Å². The van der Waals surface area contributed by atoms with Crippen molar-refractivity contribution in [3.05, 3.63) is 0 Å². The van der Waals surface area contributed by atoms with E-state index in [0.29, 0.717) is 12.8 Å². The first-order chi connectivity index (χ1) is 11.1. The molecule has 0 amide bonds. The van der Waals surface area contributed by atoms with Gasteiger partial charge in [-0.15, -0.1) is 0 Å². The summed E-state index contributed by atoms with van der Waals surface area (Å²) in [5.41, 5.74) is -1.07. The normalized spacial score (nSPS) is 15.4. The van der Waals surface area contributed by atoms with Crippen LogP contribution in [0.4, 0.5) is 22.0 Å². The monoisotopic (exact) mass is 376 g/mol. The van der Waals surface area contributed by atoms with Crippen molar-refractivity contribution in [3.8, 4) is 0 Å². The number of carbonyl (C=O) groups is 2. The number of halogens is 5. The smallest absolute Gasteiger partial charge is 0.456 e. The lowest BCUT2D eigenvalue weighted by Gasteiger charge is -2.34. The summed E-state index contributed by atoms with van der Waals surface area (Å²) in [5.74, 6) is -7.35. The summed E-state index contributed by atoms with van der Waals surface area (Å²) in [6.45, 7) is 6.11. The molecule has 0 aromatic carbocycles. The highest BCUT2D eigenvalue weighted by molar-refractivity contribution is 5.80. The van der Waals surface area contributed by atoms with Crippen LogP contribution in [0.1, 0.15) is 53.9 Å². The third kappa shape index (κ3) is 7.15. The Kier molecular flexibility index (Phi) is 7.84. The second-order valence-electron chi connectivity index (χ2n) is 7.05. The van der Waals surface area contributed by atoms with E-state index in [9.17, 15) is 31.5 Å². The summed E-state index contributed by atoms with van der Waals surface area (Å²) >= 11 is 0. The Bertz CT molecular complexity index is 474. The van der Waals surface area contributed by atoms with Gasteiger partial charge in [-0.25, -0.2) is 4.79 Å². The van der Waals surface area contributed by atoms with E-state index >= 15 is 0 Å². The summed E-state index contributed by atoms with van der Waals surface area (Å²) in [5, 5.41) is 0. The SMILES string of the molecule is CCC(C)(C)CC(C)(CC)C(=O)OCC(=O)OCC(F)(F)C(F)(F)F. The molecule has 1 atom stereocenters. The van der Waals surface area contributed by atoms with Crippen molar-refractivity contribution in [1.29, 1.82) is 0 Å². The molecule has 148 valence electrons. The van der Waals surface area contributed by atoms with Gasteiger partial charge in [0.1, 0.15) is 0 Å². The number of rotatable bonds is 9. The molecular weight excluding hydrogens is 351 g/mol. The van der Waals surface area contributed by atoms with Gasteiger partial charge in [0.25, 0.3) is 0 Å². The molecular formula is C16H25F5O4. The van der Waals surface area contributed by atoms with Crippen LogP contribution in [0.2, 0.25) is 0 Å². The Hall–Kier alpha value is -1.41. The predicted molar refractivity (Wildman–Crippen MR) is 80.0 cm³/mol. The van der Waals surface area contributed by atoms with E-state index in [4.69, 9.17) is 4.74 Å². The van der Waals surface area contributed by atoms with Crippen molar-refractivity contribution in [3.63, 3.8) is 0 Å². The summed E-state index contributed by atoms with van der Waals surface area (Å²) in [7, 11) is 0. The fourth-order valence-electron chi connectivity index (χ4n) is 2.12. The topological polar surface area (TPSA) is 52.6 Å². The van der Waals surface area contributed by atoms with Gasteiger partial charge < -0.3 is 9.47 Å². The third-order valence-electron chi connectivity index (χ3n) is 4.25. The van der Waals surface area contributed by atoms with Crippen LogP contribution in [-0.2, 0) is 19.1 Å². The number of esters is 2. The van der Waals surface area contributed by atoms with Crippen LogP contribution in [0.5, 0.6) is 0 Å². The molecule has 1 unspecified atom stereocenters. The Balaban J connectivity index is 4.64. The zero-order chi connectivity index (χ0) is 20.1. The van der Waals surface area contributed by atoms with Gasteiger partial charge in [-0.1, -0.05) is 34.1 Å². The van der Waals surface area contributed by atoms with Gasteiger partial charge in [0.15, 0.2) is 13.2 Å². The molecule has 0 radical (unpaired) electrons. The first-order valence-electron chi connectivity index (χ1n) is 7.87. The van der Waals surface area contributed by atoms with Crippen LogP contribution in [-0.4, -0.2) is 37.3 Å². The van der Waals surface area contributed by atoms with Crippen LogP contribution in [0, 0.1) is 10.8 Å². The second kappa shape index (κ2) is 8.31. The van der Waals surface area contributed by atoms with E-state index < -0.39 is 42.7 Å². The van der Waals surface area contributed by atoms with Gasteiger partial charge >= 0.3 is 24.0 Å². The van der Waals surface area contributed by atoms with Crippen LogP contribution >= 0.6 is 0 Å². The van der Waals surface area contributed by atoms with Crippen LogP contribution < -0.4 is 0 Å². The van der Waals surface area contributed by atoms with Crippen LogP contribution in [0.3, 0.4) is 0 Å². The molecule has 0 N–H and O–H groups in total. The molecule has 0 rings (SSSR count). The van der Waals surface area contributed by atoms with E-state index in [0.717, 1.165) is 6.42 Å². The minimum atomic E-state index is -5.82. The molecule has 0 spiro atoms. The fourth-order valence-corrected chi connectivity index (χ4v) is 2.12. The molecule has 0 saturated heterocycles. The van der Waals surface area contributed by atoms with Crippen LogP contribution in [0.25, 0.3) is 0 Å². The molecule has 0 fully saturated rings. The molecule has 0 heterocycles. The van der Waals surface area contributed by atoms with E-state index in [1.807, 2.05) is 20.8 Å². The highest BCUT2D eigenvalue weighted by Gasteiger charge is 2.58. The molecule has 0 saturated carbocycles. The largest absolute Gasteiger partial charge is 0.456 e. The predicted octanol–water partition coefficient (Wildman–Crippen LogP) is 4.51. The number of alkyl halides is 5. The molecule has 0 aromatic heterocycles. The summed E-state index contributed by atoms with van der Waals surface area (Å²) < 4.78 is 69.8. The quantitative estimate of drug-likeness (QED) is 0.439. The summed E-state index contributed by atoms with van der Waals surface area (Å²) in [6.07, 6.45) is -4.15. The van der Waals surface area contributed by atoms with Gasteiger partial charge in [-0.2, -0.15) is 22.0 Å². The summed E-state index contributed by atoms with van der Waals surface area (Å²) in [4.78, 5) is 23.5. The zero-order valence-electron chi connectivity index (χ0n) is 15.1.